The van der Waals surface area contributed by atoms with Crippen molar-refractivity contribution >= 4 is 5.97 Å². The van der Waals surface area contributed by atoms with E-state index in [1.54, 1.807) is 18.2 Å². The Balaban J connectivity index is 1.63. The molecule has 0 spiro atoms. The van der Waals surface area contributed by atoms with E-state index in [0.717, 1.165) is 66.4 Å². The molecule has 2 aromatic rings. The van der Waals surface area contributed by atoms with Gasteiger partial charge in [-0.05, 0) is 111 Å². The fourth-order valence-electron chi connectivity index (χ4n) is 9.29. The van der Waals surface area contributed by atoms with Crippen molar-refractivity contribution in [2.75, 3.05) is 6.61 Å². The van der Waals surface area contributed by atoms with Crippen LogP contribution >= 0.6 is 0 Å². The molecular formula is C49H68N2O8. The predicted molar refractivity (Wildman–Crippen MR) is 232 cm³/mol. The first kappa shape index (κ1) is 46.3. The molecule has 0 aromatic heterocycles. The highest BCUT2D eigenvalue weighted by atomic mass is 16.4. The third-order valence-corrected chi connectivity index (χ3v) is 12.6. The molecule has 1 fully saturated rings. The summed E-state index contributed by atoms with van der Waals surface area (Å²) in [4.78, 5) is 12.0. The second kappa shape index (κ2) is 22.7. The van der Waals surface area contributed by atoms with Crippen molar-refractivity contribution in [3.63, 3.8) is 0 Å². The van der Waals surface area contributed by atoms with Gasteiger partial charge in [0.05, 0.1) is 42.5 Å². The first-order valence-electron chi connectivity index (χ1n) is 21.9. The van der Waals surface area contributed by atoms with Crippen LogP contribution in [-0.4, -0.2) is 96.4 Å². The number of hydrogen-bond donors (Lipinski definition) is 9. The zero-order chi connectivity index (χ0) is 42.4. The molecule has 10 atom stereocenters. The van der Waals surface area contributed by atoms with E-state index in [1.807, 2.05) is 49.4 Å². The van der Waals surface area contributed by atoms with Crippen LogP contribution in [0, 0.1) is 23.7 Å². The monoisotopic (exact) mass is 812 g/mol. The molecule has 0 saturated carbocycles. The number of phenolic OH excluding ortho intramolecular Hbond substituents is 1. The molecule has 5 rings (SSSR count). The van der Waals surface area contributed by atoms with Gasteiger partial charge >= 0.3 is 5.97 Å². The highest BCUT2D eigenvalue weighted by Gasteiger charge is 2.44. The lowest BCUT2D eigenvalue weighted by molar-refractivity contribution is -0.138. The molecule has 0 unspecified atom stereocenters. The van der Waals surface area contributed by atoms with Crippen LogP contribution in [0.1, 0.15) is 114 Å². The van der Waals surface area contributed by atoms with Gasteiger partial charge in [0.2, 0.25) is 0 Å². The molecule has 10 heteroatoms. The van der Waals surface area contributed by atoms with Crippen LogP contribution in [0.25, 0.3) is 0 Å². The fourth-order valence-corrected chi connectivity index (χ4v) is 9.29. The molecular weight excluding hydrogens is 745 g/mol. The quantitative estimate of drug-likeness (QED) is 0.0693. The van der Waals surface area contributed by atoms with Crippen LogP contribution in [0.5, 0.6) is 5.75 Å². The van der Waals surface area contributed by atoms with Gasteiger partial charge < -0.3 is 46.4 Å². The number of fused-ring (bicyclic) bond motifs is 2. The Labute approximate surface area is 351 Å². The summed E-state index contributed by atoms with van der Waals surface area (Å²) in [5.41, 5.74) is 3.15. The van der Waals surface area contributed by atoms with E-state index < -0.39 is 54.5 Å². The Bertz CT molecular complexity index is 1800. The Kier molecular flexibility index (Phi) is 17.8. The van der Waals surface area contributed by atoms with E-state index in [1.165, 1.54) is 0 Å². The lowest BCUT2D eigenvalue weighted by Gasteiger charge is -2.44. The smallest absolute Gasteiger partial charge is 0.303 e. The number of allylic oxidation sites excluding steroid dienone is 2. The van der Waals surface area contributed by atoms with Crippen molar-refractivity contribution in [3.8, 4) is 17.6 Å². The van der Waals surface area contributed by atoms with Crippen LogP contribution in [0.3, 0.4) is 0 Å². The number of phenols is 1. The molecule has 10 nitrogen and oxygen atoms in total. The molecule has 2 aliphatic heterocycles. The number of unbranched alkanes of at least 4 members (excludes halogenated alkanes) is 1. The van der Waals surface area contributed by atoms with Crippen molar-refractivity contribution in [3.05, 3.63) is 101 Å². The number of hydrogen-bond acceptors (Lipinski definition) is 9. The minimum absolute atomic E-state index is 0.00332. The summed E-state index contributed by atoms with van der Waals surface area (Å²) in [5.74, 6) is 5.88. The molecule has 3 aliphatic rings. The van der Waals surface area contributed by atoms with Gasteiger partial charge in [-0.15, -0.1) is 0 Å². The number of carbonyl (C=O) groups is 1. The van der Waals surface area contributed by atoms with Crippen LogP contribution < -0.4 is 10.6 Å². The second-order valence-corrected chi connectivity index (χ2v) is 17.3. The molecule has 1 saturated heterocycles. The summed E-state index contributed by atoms with van der Waals surface area (Å²) in [7, 11) is 0. The zero-order valence-electron chi connectivity index (χ0n) is 35.0. The Morgan fingerprint density at radius 3 is 2.54 bits per heavy atom. The normalized spacial score (nSPS) is 27.9. The molecule has 59 heavy (non-hydrogen) atoms. The van der Waals surface area contributed by atoms with Gasteiger partial charge in [0, 0.05) is 36.5 Å². The molecule has 0 bridgehead atoms. The first-order valence-corrected chi connectivity index (χ1v) is 21.9. The maximum Gasteiger partial charge on any atom is 0.303 e. The minimum atomic E-state index is -1.31. The number of carboxylic acid groups (broad SMARTS) is 1. The van der Waals surface area contributed by atoms with E-state index >= 15 is 0 Å². The van der Waals surface area contributed by atoms with Gasteiger partial charge in [0.15, 0.2) is 0 Å². The van der Waals surface area contributed by atoms with Crippen LogP contribution in [-0.2, 0) is 17.6 Å². The van der Waals surface area contributed by atoms with Gasteiger partial charge in [-0.2, -0.15) is 0 Å². The van der Waals surface area contributed by atoms with Gasteiger partial charge in [0.25, 0.3) is 0 Å². The number of nitrogens with one attached hydrogen (secondary N) is 2. The largest absolute Gasteiger partial charge is 0.508 e. The van der Waals surface area contributed by atoms with E-state index in [9.17, 15) is 40.5 Å². The number of rotatable bonds is 17. The zero-order valence-corrected chi connectivity index (χ0v) is 35.0. The van der Waals surface area contributed by atoms with Crippen LogP contribution in [0.15, 0.2) is 84.0 Å². The van der Waals surface area contributed by atoms with Gasteiger partial charge in [-0.25, -0.2) is 0 Å². The summed E-state index contributed by atoms with van der Waals surface area (Å²) >= 11 is 0. The number of benzene rings is 2. The number of aromatic hydroxyl groups is 1. The average molecular weight is 813 g/mol. The minimum Gasteiger partial charge on any atom is -0.508 e. The van der Waals surface area contributed by atoms with Crippen LogP contribution in [0.4, 0.5) is 0 Å². The fraction of sp³-hybridized carbons (Fsp3) is 0.571. The summed E-state index contributed by atoms with van der Waals surface area (Å²) in [5, 5.41) is 83.8. The molecule has 0 radical (unpaired) electrons. The first-order chi connectivity index (χ1) is 28.4. The third-order valence-electron chi connectivity index (χ3n) is 12.6. The average Bonchev–Trinajstić information content (AvgIpc) is 3.38. The van der Waals surface area contributed by atoms with Crippen molar-refractivity contribution in [1.29, 1.82) is 0 Å². The summed E-state index contributed by atoms with van der Waals surface area (Å²) in [6.07, 6.45) is 13.3. The lowest BCUT2D eigenvalue weighted by atomic mass is 9.73. The topological polar surface area (TPSA) is 183 Å². The van der Waals surface area contributed by atoms with Crippen molar-refractivity contribution < 1.29 is 40.5 Å². The molecule has 322 valence electrons. The number of aryl methyl sites for hydroxylation is 1. The third kappa shape index (κ3) is 13.6. The van der Waals surface area contributed by atoms with Crippen molar-refractivity contribution in [2.45, 2.75) is 158 Å². The number of aliphatic hydroxyl groups excluding tert-OH is 4. The molecule has 2 heterocycles. The van der Waals surface area contributed by atoms with Crippen molar-refractivity contribution in [2.24, 2.45) is 11.8 Å². The van der Waals surface area contributed by atoms with E-state index in [2.05, 4.69) is 41.5 Å². The standard InChI is InChI=1S/C49H68N2O8/c1-3-4-17-45(55)46(56)27-24-37-22-20-35-11-5-6-12-36(35)21-23-38-14-9-28-49(59,31-34-18-25-40(53)26-19-34)48(38)51-44(42(37)30-41(54)32-52)16-8-15-43-39(29-47(57)58)13-7-10-33(2)50-43/h5-6,9,11-12,14,18-19,24-27,33,38-39,41,43-46,48,50-56,59H,3-4,7-8,10,13,15-17,20,22,28-32H2,1-2H3,(H,57,58)/t33-,38-,39+,41+,43-,44+,45+,46-,48-,49+/m1/s1. The van der Waals surface area contributed by atoms with E-state index in [-0.39, 0.29) is 43.0 Å². The molecule has 1 aliphatic carbocycles. The summed E-state index contributed by atoms with van der Waals surface area (Å²) < 4.78 is 0. The van der Waals surface area contributed by atoms with Gasteiger partial charge in [-0.3, -0.25) is 4.79 Å². The number of carboxylic acids is 1. The van der Waals surface area contributed by atoms with E-state index in [0.29, 0.717) is 38.5 Å². The molecule has 2 aromatic carbocycles. The summed E-state index contributed by atoms with van der Waals surface area (Å²) in [6.45, 7) is 3.73. The summed E-state index contributed by atoms with van der Waals surface area (Å²) in [6, 6.07) is 14.1. The highest BCUT2D eigenvalue weighted by Crippen LogP contribution is 2.36. The Morgan fingerprint density at radius 2 is 1.80 bits per heavy atom. The number of aliphatic carboxylic acids is 1. The van der Waals surface area contributed by atoms with Gasteiger partial charge in [0.1, 0.15) is 5.75 Å². The Hall–Kier alpha value is -3.79. The molecule has 0 amide bonds. The lowest BCUT2D eigenvalue weighted by Crippen LogP contribution is -2.59. The Morgan fingerprint density at radius 1 is 1.02 bits per heavy atom. The van der Waals surface area contributed by atoms with Crippen LogP contribution in [0.2, 0.25) is 0 Å². The second-order valence-electron chi connectivity index (χ2n) is 17.3. The van der Waals surface area contributed by atoms with E-state index in [4.69, 9.17) is 0 Å². The van der Waals surface area contributed by atoms with Crippen molar-refractivity contribution in [1.82, 2.24) is 10.6 Å². The number of aliphatic hydroxyl groups is 5. The molecule has 9 N–H and O–H groups in total. The highest BCUT2D eigenvalue weighted by molar-refractivity contribution is 5.67. The van der Waals surface area contributed by atoms with Gasteiger partial charge in [-0.1, -0.05) is 99.1 Å². The maximum atomic E-state index is 12.8. The maximum absolute atomic E-state index is 12.8. The predicted octanol–water partition coefficient (Wildman–Crippen LogP) is 5.87. The SMILES string of the molecule is CCCC[C@H](O)[C@H](O)C=CC1=C(C[C@H](O)CO)[C@H](CCC[C@H]2N[C@H](C)CCC[C@H]2CC(=O)O)N[C@@H]2[C@@H](C#Cc3ccccc3CC1)C=CC[C@]2(O)Cc1ccc(O)cc1.